The van der Waals surface area contributed by atoms with E-state index in [0.29, 0.717) is 10.8 Å². The van der Waals surface area contributed by atoms with Crippen LogP contribution in [0.25, 0.3) is 0 Å². The number of para-hydroxylation sites is 1. The van der Waals surface area contributed by atoms with Crippen LogP contribution in [0.1, 0.15) is 18.5 Å². The van der Waals surface area contributed by atoms with Gasteiger partial charge in [0, 0.05) is 18.1 Å². The van der Waals surface area contributed by atoms with Crippen LogP contribution in [0.3, 0.4) is 0 Å². The third-order valence-electron chi connectivity index (χ3n) is 3.63. The van der Waals surface area contributed by atoms with E-state index in [1.54, 1.807) is 31.2 Å². The number of rotatable bonds is 5. The molecule has 1 atom stereocenters. The van der Waals surface area contributed by atoms with Crippen LogP contribution in [0.2, 0.25) is 5.02 Å². The predicted octanol–water partition coefficient (Wildman–Crippen LogP) is 3.73. The molecule has 0 bridgehead atoms. The van der Waals surface area contributed by atoms with Crippen molar-refractivity contribution in [2.75, 3.05) is 14.2 Å². The van der Waals surface area contributed by atoms with Gasteiger partial charge in [-0.2, -0.15) is 4.31 Å². The second-order valence-electron chi connectivity index (χ2n) is 4.87. The first-order valence-corrected chi connectivity index (χ1v) is 8.57. The van der Waals surface area contributed by atoms with E-state index in [4.69, 9.17) is 16.3 Å². The van der Waals surface area contributed by atoms with Gasteiger partial charge in [0.05, 0.1) is 7.11 Å². The van der Waals surface area contributed by atoms with Crippen molar-refractivity contribution in [2.24, 2.45) is 0 Å². The molecule has 0 aliphatic rings. The van der Waals surface area contributed by atoms with E-state index in [0.717, 1.165) is 5.56 Å². The largest absolute Gasteiger partial charge is 0.495 e. The lowest BCUT2D eigenvalue weighted by atomic mass is 10.1. The highest BCUT2D eigenvalue weighted by Gasteiger charge is 2.29. The minimum absolute atomic E-state index is 0.138. The molecule has 4 nitrogen and oxygen atoms in total. The second kappa shape index (κ2) is 6.69. The van der Waals surface area contributed by atoms with Gasteiger partial charge < -0.3 is 4.74 Å². The molecule has 2 aromatic carbocycles. The SMILES string of the molecule is COc1ccccc1S(=O)(=O)N(C)C(C)c1ccccc1Cl. The van der Waals surface area contributed by atoms with Gasteiger partial charge >= 0.3 is 0 Å². The molecule has 0 spiro atoms. The number of benzene rings is 2. The van der Waals surface area contributed by atoms with Gasteiger partial charge in [-0.25, -0.2) is 8.42 Å². The van der Waals surface area contributed by atoms with Crippen molar-refractivity contribution < 1.29 is 13.2 Å². The Hall–Kier alpha value is -1.56. The molecule has 0 saturated heterocycles. The molecule has 0 aliphatic carbocycles. The highest BCUT2D eigenvalue weighted by atomic mass is 35.5. The van der Waals surface area contributed by atoms with Crippen molar-refractivity contribution >= 4 is 21.6 Å². The van der Waals surface area contributed by atoms with Crippen molar-refractivity contribution in [3.05, 3.63) is 59.1 Å². The van der Waals surface area contributed by atoms with Crippen LogP contribution in [0.5, 0.6) is 5.75 Å². The molecular weight excluding hydrogens is 322 g/mol. The number of hydrogen-bond acceptors (Lipinski definition) is 3. The summed E-state index contributed by atoms with van der Waals surface area (Å²) in [4.78, 5) is 0.138. The number of hydrogen-bond donors (Lipinski definition) is 0. The average molecular weight is 340 g/mol. The molecule has 0 fully saturated rings. The zero-order chi connectivity index (χ0) is 16.3. The first-order valence-electron chi connectivity index (χ1n) is 6.75. The third kappa shape index (κ3) is 3.11. The molecule has 6 heteroatoms. The lowest BCUT2D eigenvalue weighted by Gasteiger charge is -2.26. The van der Waals surface area contributed by atoms with E-state index < -0.39 is 16.1 Å². The number of ether oxygens (including phenoxy) is 1. The van der Waals surface area contributed by atoms with E-state index in [1.165, 1.54) is 24.5 Å². The van der Waals surface area contributed by atoms with Gasteiger partial charge in [0.15, 0.2) is 0 Å². The van der Waals surface area contributed by atoms with E-state index >= 15 is 0 Å². The van der Waals surface area contributed by atoms with E-state index in [2.05, 4.69) is 0 Å². The minimum atomic E-state index is -3.70. The first-order chi connectivity index (χ1) is 10.4. The lowest BCUT2D eigenvalue weighted by Crippen LogP contribution is -2.30. The molecule has 0 amide bonds. The minimum Gasteiger partial charge on any atom is -0.495 e. The fourth-order valence-electron chi connectivity index (χ4n) is 2.20. The molecule has 2 aromatic rings. The van der Waals surface area contributed by atoms with Crippen LogP contribution in [0.4, 0.5) is 0 Å². The molecule has 1 unspecified atom stereocenters. The molecule has 118 valence electrons. The number of halogens is 1. The summed E-state index contributed by atoms with van der Waals surface area (Å²) in [6, 6.07) is 13.4. The van der Waals surface area contributed by atoms with Crippen LogP contribution in [0.15, 0.2) is 53.4 Å². The normalized spacial score (nSPS) is 13.1. The zero-order valence-corrected chi connectivity index (χ0v) is 14.2. The fraction of sp³-hybridized carbons (Fsp3) is 0.250. The Morgan fingerprint density at radius 3 is 2.32 bits per heavy atom. The summed E-state index contributed by atoms with van der Waals surface area (Å²) in [6.07, 6.45) is 0. The maximum Gasteiger partial charge on any atom is 0.247 e. The molecule has 0 aromatic heterocycles. The van der Waals surface area contributed by atoms with Gasteiger partial charge in [0.2, 0.25) is 10.0 Å². The Morgan fingerprint density at radius 1 is 1.09 bits per heavy atom. The summed E-state index contributed by atoms with van der Waals surface area (Å²) >= 11 is 6.17. The summed E-state index contributed by atoms with van der Waals surface area (Å²) in [5.41, 5.74) is 0.755. The predicted molar refractivity (Wildman–Crippen MR) is 87.8 cm³/mol. The molecule has 0 aliphatic heterocycles. The van der Waals surface area contributed by atoms with E-state index in [9.17, 15) is 8.42 Å². The van der Waals surface area contributed by atoms with Crippen molar-refractivity contribution in [1.29, 1.82) is 0 Å². The van der Waals surface area contributed by atoms with Crippen molar-refractivity contribution in [1.82, 2.24) is 4.31 Å². The molecule has 0 saturated carbocycles. The third-order valence-corrected chi connectivity index (χ3v) is 5.94. The van der Waals surface area contributed by atoms with Crippen LogP contribution < -0.4 is 4.74 Å². The van der Waals surface area contributed by atoms with Crippen LogP contribution in [-0.2, 0) is 10.0 Å². The maximum atomic E-state index is 12.8. The number of nitrogens with zero attached hydrogens (tertiary/aromatic N) is 1. The van der Waals surface area contributed by atoms with Gasteiger partial charge in [-0.05, 0) is 30.7 Å². The van der Waals surface area contributed by atoms with E-state index in [-0.39, 0.29) is 4.90 Å². The first kappa shape index (κ1) is 16.8. The highest BCUT2D eigenvalue weighted by molar-refractivity contribution is 7.89. The smallest absolute Gasteiger partial charge is 0.247 e. The topological polar surface area (TPSA) is 46.6 Å². The quantitative estimate of drug-likeness (QED) is 0.833. The summed E-state index contributed by atoms with van der Waals surface area (Å²) in [6.45, 7) is 1.80. The molecule has 2 rings (SSSR count). The Bertz CT molecular complexity index is 761. The summed E-state index contributed by atoms with van der Waals surface area (Å²) in [5, 5.41) is 0.539. The Morgan fingerprint density at radius 2 is 1.68 bits per heavy atom. The van der Waals surface area contributed by atoms with Gasteiger partial charge in [0.25, 0.3) is 0 Å². The highest BCUT2D eigenvalue weighted by Crippen LogP contribution is 2.33. The Balaban J connectivity index is 2.43. The van der Waals surface area contributed by atoms with Crippen molar-refractivity contribution in [3.8, 4) is 5.75 Å². The zero-order valence-electron chi connectivity index (χ0n) is 12.7. The van der Waals surface area contributed by atoms with E-state index in [1.807, 2.05) is 18.2 Å². The van der Waals surface area contributed by atoms with Gasteiger partial charge in [-0.3, -0.25) is 0 Å². The molecule has 0 N–H and O–H groups in total. The molecule has 0 heterocycles. The van der Waals surface area contributed by atoms with Crippen LogP contribution >= 0.6 is 11.6 Å². The molecule has 0 radical (unpaired) electrons. The fourth-order valence-corrected chi connectivity index (χ4v) is 3.99. The lowest BCUT2D eigenvalue weighted by molar-refractivity contribution is 0.382. The number of methoxy groups -OCH3 is 1. The molecule has 22 heavy (non-hydrogen) atoms. The Kier molecular flexibility index (Phi) is 5.11. The van der Waals surface area contributed by atoms with Crippen molar-refractivity contribution in [2.45, 2.75) is 17.9 Å². The average Bonchev–Trinajstić information content (AvgIpc) is 2.53. The standard InChI is InChI=1S/C16H18ClNO3S/c1-12(13-8-4-5-9-14(13)17)18(2)22(19,20)16-11-7-6-10-15(16)21-3/h4-12H,1-3H3. The second-order valence-corrected chi connectivity index (χ2v) is 7.24. The Labute approximate surface area is 136 Å². The maximum absolute atomic E-state index is 12.8. The van der Waals surface area contributed by atoms with Gasteiger partial charge in [-0.15, -0.1) is 0 Å². The summed E-state index contributed by atoms with van der Waals surface area (Å²) < 4.78 is 32.1. The van der Waals surface area contributed by atoms with Gasteiger partial charge in [0.1, 0.15) is 10.6 Å². The molecular formula is C16H18ClNO3S. The monoisotopic (exact) mass is 339 g/mol. The number of sulfonamides is 1. The van der Waals surface area contributed by atoms with Gasteiger partial charge in [-0.1, -0.05) is 41.9 Å². The summed E-state index contributed by atoms with van der Waals surface area (Å²) in [5.74, 6) is 0.320. The van der Waals surface area contributed by atoms with Crippen LogP contribution in [0, 0.1) is 0 Å². The van der Waals surface area contributed by atoms with Crippen LogP contribution in [-0.4, -0.2) is 26.9 Å². The van der Waals surface area contributed by atoms with Crippen molar-refractivity contribution in [3.63, 3.8) is 0 Å². The summed E-state index contributed by atoms with van der Waals surface area (Å²) in [7, 11) is -0.708.